The molecule has 1 aromatic heterocycles. The molecular weight excluding hydrogens is 223 g/mol. The van der Waals surface area contributed by atoms with Crippen molar-refractivity contribution >= 4 is 23.1 Å². The molecule has 0 aliphatic rings. The van der Waals surface area contributed by atoms with Gasteiger partial charge in [-0.25, -0.2) is 15.8 Å². The van der Waals surface area contributed by atoms with Crippen molar-refractivity contribution in [3.05, 3.63) is 11.0 Å². The van der Waals surface area contributed by atoms with Crippen molar-refractivity contribution in [1.29, 1.82) is 0 Å². The average Bonchev–Trinajstić information content (AvgIpc) is 2.07. The Morgan fingerprint density at radius 1 is 1.29 bits per heavy atom. The fourth-order valence-corrected chi connectivity index (χ4v) is 0.848. The van der Waals surface area contributed by atoms with Crippen LogP contribution >= 0.6 is 11.6 Å². The predicted octanol–water partition coefficient (Wildman–Crippen LogP) is 1.02. The third-order valence-electron chi connectivity index (χ3n) is 1.29. The summed E-state index contributed by atoms with van der Waals surface area (Å²) in [6, 6.07) is 0. The van der Waals surface area contributed by atoms with Crippen molar-refractivity contribution in [2.24, 2.45) is 5.84 Å². The van der Waals surface area contributed by atoms with Gasteiger partial charge in [-0.1, -0.05) is 11.6 Å². The van der Waals surface area contributed by atoms with Crippen molar-refractivity contribution in [3.8, 4) is 0 Å². The van der Waals surface area contributed by atoms with E-state index < -0.39 is 17.2 Å². The summed E-state index contributed by atoms with van der Waals surface area (Å²) in [6.45, 7) is 0. The van der Waals surface area contributed by atoms with Crippen LogP contribution < -0.4 is 17.0 Å². The van der Waals surface area contributed by atoms with Crippen molar-refractivity contribution in [3.63, 3.8) is 0 Å². The second-order valence-electron chi connectivity index (χ2n) is 2.24. The first-order chi connectivity index (χ1) is 6.36. The number of alkyl halides is 3. The van der Waals surface area contributed by atoms with Crippen LogP contribution in [0, 0.1) is 0 Å². The van der Waals surface area contributed by atoms with E-state index in [1.165, 1.54) is 0 Å². The Bertz CT molecular complexity index is 352. The number of nitrogens with zero attached hydrogens (tertiary/aromatic N) is 2. The van der Waals surface area contributed by atoms with Crippen molar-refractivity contribution in [2.45, 2.75) is 6.18 Å². The second-order valence-corrected chi connectivity index (χ2v) is 2.60. The number of hydrazine groups is 1. The molecule has 0 bridgehead atoms. The Hall–Kier alpha value is -1.28. The number of anilines is 2. The summed E-state index contributed by atoms with van der Waals surface area (Å²) in [7, 11) is 0. The van der Waals surface area contributed by atoms with Crippen LogP contribution in [0.15, 0.2) is 0 Å². The van der Waals surface area contributed by atoms with Gasteiger partial charge >= 0.3 is 6.18 Å². The molecule has 0 aliphatic heterocycles. The maximum absolute atomic E-state index is 12.1. The molecule has 0 fully saturated rings. The normalized spacial score (nSPS) is 11.5. The van der Waals surface area contributed by atoms with Crippen LogP contribution in [0.2, 0.25) is 5.15 Å². The molecule has 0 saturated carbocycles. The predicted molar refractivity (Wildman–Crippen MR) is 44.3 cm³/mol. The third-order valence-corrected chi connectivity index (χ3v) is 1.58. The van der Waals surface area contributed by atoms with Crippen LogP contribution in [0.1, 0.15) is 5.82 Å². The summed E-state index contributed by atoms with van der Waals surface area (Å²) in [5.74, 6) is 3.12. The highest BCUT2D eigenvalue weighted by atomic mass is 35.5. The van der Waals surface area contributed by atoms with E-state index in [0.717, 1.165) is 0 Å². The lowest BCUT2D eigenvalue weighted by Gasteiger charge is -2.09. The Balaban J connectivity index is 3.30. The van der Waals surface area contributed by atoms with Crippen molar-refractivity contribution in [1.82, 2.24) is 9.97 Å². The average molecular weight is 228 g/mol. The maximum atomic E-state index is 12.1. The van der Waals surface area contributed by atoms with E-state index in [9.17, 15) is 13.2 Å². The number of nitrogen functional groups attached to an aromatic ring is 2. The van der Waals surface area contributed by atoms with Gasteiger partial charge < -0.3 is 11.2 Å². The van der Waals surface area contributed by atoms with Gasteiger partial charge in [-0.3, -0.25) is 0 Å². The molecule has 1 heterocycles. The highest BCUT2D eigenvalue weighted by molar-refractivity contribution is 6.32. The molecule has 14 heavy (non-hydrogen) atoms. The molecule has 78 valence electrons. The summed E-state index contributed by atoms with van der Waals surface area (Å²) >= 11 is 5.33. The summed E-state index contributed by atoms with van der Waals surface area (Å²) < 4.78 is 36.4. The smallest absolute Gasteiger partial charge is 0.393 e. The monoisotopic (exact) mass is 227 g/mol. The molecule has 0 atom stereocenters. The van der Waals surface area contributed by atoms with E-state index in [2.05, 4.69) is 9.97 Å². The van der Waals surface area contributed by atoms with Crippen LogP contribution in [0.4, 0.5) is 24.7 Å². The zero-order valence-corrected chi connectivity index (χ0v) is 7.32. The fraction of sp³-hybridized carbons (Fsp3) is 0.200. The molecule has 5 N–H and O–H groups in total. The zero-order valence-electron chi connectivity index (χ0n) is 6.56. The Labute approximate surface area is 81.2 Å². The van der Waals surface area contributed by atoms with E-state index in [0.29, 0.717) is 0 Å². The largest absolute Gasteiger partial charge is 0.451 e. The van der Waals surface area contributed by atoms with E-state index in [1.54, 1.807) is 0 Å². The minimum Gasteiger partial charge on any atom is -0.393 e. The first kappa shape index (κ1) is 10.8. The second kappa shape index (κ2) is 3.46. The number of nitrogens with one attached hydrogen (secondary N) is 1. The maximum Gasteiger partial charge on any atom is 0.451 e. The van der Waals surface area contributed by atoms with Gasteiger partial charge in [-0.15, -0.1) is 0 Å². The van der Waals surface area contributed by atoms with Gasteiger partial charge in [-0.2, -0.15) is 13.2 Å². The van der Waals surface area contributed by atoms with E-state index in [1.807, 2.05) is 5.43 Å². The molecule has 0 amide bonds. The number of nitrogens with two attached hydrogens (primary N) is 2. The van der Waals surface area contributed by atoms with Gasteiger partial charge in [-0.05, 0) is 0 Å². The van der Waals surface area contributed by atoms with Crippen LogP contribution in [0.3, 0.4) is 0 Å². The minimum atomic E-state index is -4.69. The highest BCUT2D eigenvalue weighted by Crippen LogP contribution is 2.31. The lowest BCUT2D eigenvalue weighted by molar-refractivity contribution is -0.144. The summed E-state index contributed by atoms with van der Waals surface area (Å²) in [4.78, 5) is 6.00. The Morgan fingerprint density at radius 3 is 2.29 bits per heavy atom. The highest BCUT2D eigenvalue weighted by Gasteiger charge is 2.36. The van der Waals surface area contributed by atoms with Crippen LogP contribution in [-0.2, 0) is 6.18 Å². The zero-order chi connectivity index (χ0) is 10.9. The minimum absolute atomic E-state index is 0.234. The number of halogens is 4. The molecule has 1 aromatic rings. The van der Waals surface area contributed by atoms with Gasteiger partial charge in [0.05, 0.1) is 0 Å². The molecule has 5 nitrogen and oxygen atoms in total. The number of hydrogen-bond donors (Lipinski definition) is 3. The molecule has 0 unspecified atom stereocenters. The quantitative estimate of drug-likeness (QED) is 0.379. The van der Waals surface area contributed by atoms with Gasteiger partial charge in [0.2, 0.25) is 5.82 Å². The van der Waals surface area contributed by atoms with Crippen molar-refractivity contribution < 1.29 is 13.2 Å². The molecule has 0 spiro atoms. The van der Waals surface area contributed by atoms with Gasteiger partial charge in [0.15, 0.2) is 11.0 Å². The summed E-state index contributed by atoms with van der Waals surface area (Å²) in [5, 5.41) is -0.500. The molecule has 0 saturated heterocycles. The van der Waals surface area contributed by atoms with Gasteiger partial charge in [0.25, 0.3) is 0 Å². The fourth-order valence-electron chi connectivity index (χ4n) is 0.679. The molecule has 0 aromatic carbocycles. The van der Waals surface area contributed by atoms with Crippen molar-refractivity contribution in [2.75, 3.05) is 11.2 Å². The van der Waals surface area contributed by atoms with Gasteiger partial charge in [0, 0.05) is 0 Å². The molecule has 0 radical (unpaired) electrons. The topological polar surface area (TPSA) is 89.8 Å². The molecule has 9 heteroatoms. The van der Waals surface area contributed by atoms with Crippen LogP contribution in [0.25, 0.3) is 0 Å². The molecule has 1 rings (SSSR count). The number of aromatic nitrogens is 2. The summed E-state index contributed by atoms with van der Waals surface area (Å²) in [5.41, 5.74) is 6.89. The lowest BCUT2D eigenvalue weighted by atomic mass is 10.4. The standard InChI is InChI=1S/C5H5ClF3N5/c6-2-1(10)3(14-11)13-4(12-2)5(7,8)9/h10-11H2,(H,12,13,14). The van der Waals surface area contributed by atoms with Gasteiger partial charge in [0.1, 0.15) is 5.69 Å². The number of rotatable bonds is 1. The van der Waals surface area contributed by atoms with E-state index in [-0.39, 0.29) is 11.5 Å². The van der Waals surface area contributed by atoms with Crippen LogP contribution in [0.5, 0.6) is 0 Å². The van der Waals surface area contributed by atoms with Crippen LogP contribution in [-0.4, -0.2) is 9.97 Å². The number of hydrogen-bond acceptors (Lipinski definition) is 5. The molecule has 0 aliphatic carbocycles. The first-order valence-electron chi connectivity index (χ1n) is 3.23. The Kier molecular flexibility index (Phi) is 2.67. The molecular formula is C5H5ClF3N5. The third kappa shape index (κ3) is 1.96. The van der Waals surface area contributed by atoms with E-state index >= 15 is 0 Å². The first-order valence-corrected chi connectivity index (χ1v) is 3.61. The summed E-state index contributed by atoms with van der Waals surface area (Å²) in [6.07, 6.45) is -4.69. The lowest BCUT2D eigenvalue weighted by Crippen LogP contribution is -2.17. The SMILES string of the molecule is NNc1nc(C(F)(F)F)nc(Cl)c1N. The van der Waals surface area contributed by atoms with E-state index in [4.69, 9.17) is 23.2 Å². The Morgan fingerprint density at radius 2 is 1.86 bits per heavy atom.